The maximum Gasteiger partial charge on any atom is 0.109 e. The van der Waals surface area contributed by atoms with Crippen LogP contribution in [0, 0.1) is 0 Å². The van der Waals surface area contributed by atoms with E-state index in [2.05, 4.69) is 65.6 Å². The van der Waals surface area contributed by atoms with Gasteiger partial charge in [-0.25, -0.2) is 4.98 Å². The fourth-order valence-electron chi connectivity index (χ4n) is 3.35. The predicted octanol–water partition coefficient (Wildman–Crippen LogP) is 5.84. The smallest absolute Gasteiger partial charge is 0.109 e. The molecule has 2 aromatic carbocycles. The molecule has 4 heteroatoms. The Kier molecular flexibility index (Phi) is 5.87. The third kappa shape index (κ3) is 3.94. The average Bonchev–Trinajstić information content (AvgIpc) is 3.07. The zero-order valence-electron chi connectivity index (χ0n) is 14.4. The molecule has 0 N–H and O–H groups in total. The van der Waals surface area contributed by atoms with Crippen molar-refractivity contribution < 1.29 is 0 Å². The first-order valence-corrected chi connectivity index (χ1v) is 9.97. The summed E-state index contributed by atoms with van der Waals surface area (Å²) in [4.78, 5) is 4.82. The molecular formula is C21H23ClN2S. The summed E-state index contributed by atoms with van der Waals surface area (Å²) in [5.41, 5.74) is 6.23. The van der Waals surface area contributed by atoms with Gasteiger partial charge in [-0.3, -0.25) is 0 Å². The number of thioether (sulfide) groups is 1. The van der Waals surface area contributed by atoms with Crippen LogP contribution in [0.3, 0.4) is 0 Å². The van der Waals surface area contributed by atoms with E-state index < -0.39 is 0 Å². The molecule has 0 amide bonds. The van der Waals surface area contributed by atoms with Gasteiger partial charge in [0.25, 0.3) is 0 Å². The van der Waals surface area contributed by atoms with Crippen LogP contribution < -0.4 is 0 Å². The van der Waals surface area contributed by atoms with E-state index in [4.69, 9.17) is 4.98 Å². The second-order valence-electron chi connectivity index (χ2n) is 6.40. The maximum atomic E-state index is 4.82. The monoisotopic (exact) mass is 370 g/mol. The number of hydrogen-bond donors (Lipinski definition) is 0. The zero-order valence-corrected chi connectivity index (χ0v) is 16.1. The number of fused-ring (bicyclic) bond motifs is 1. The molecule has 0 fully saturated rings. The van der Waals surface area contributed by atoms with E-state index in [1.165, 1.54) is 40.9 Å². The minimum Gasteiger partial charge on any atom is -0.334 e. The Bertz CT molecular complexity index is 799. The van der Waals surface area contributed by atoms with Crippen LogP contribution in [0.2, 0.25) is 0 Å². The van der Waals surface area contributed by atoms with E-state index >= 15 is 0 Å². The van der Waals surface area contributed by atoms with Gasteiger partial charge in [-0.1, -0.05) is 48.5 Å². The van der Waals surface area contributed by atoms with Crippen LogP contribution >= 0.6 is 24.2 Å². The largest absolute Gasteiger partial charge is 0.334 e. The highest BCUT2D eigenvalue weighted by Crippen LogP contribution is 2.26. The molecule has 1 aliphatic rings. The Morgan fingerprint density at radius 3 is 2.20 bits per heavy atom. The lowest BCUT2D eigenvalue weighted by molar-refractivity contribution is 0.522. The average molecular weight is 371 g/mol. The topological polar surface area (TPSA) is 17.8 Å². The second kappa shape index (κ2) is 8.11. The molecule has 2 heterocycles. The summed E-state index contributed by atoms with van der Waals surface area (Å²) in [5.74, 6) is 2.31. The summed E-state index contributed by atoms with van der Waals surface area (Å²) in [5, 5.41) is 0. The molecule has 4 rings (SSSR count). The van der Waals surface area contributed by atoms with Gasteiger partial charge in [0.05, 0.1) is 5.69 Å². The van der Waals surface area contributed by atoms with E-state index in [1.807, 2.05) is 11.8 Å². The number of halogens is 1. The third-order valence-corrected chi connectivity index (χ3v) is 5.31. The third-order valence-electron chi connectivity index (χ3n) is 4.69. The van der Waals surface area contributed by atoms with Gasteiger partial charge in [-0.2, -0.15) is 11.8 Å². The number of benzene rings is 2. The van der Waals surface area contributed by atoms with Crippen LogP contribution in [0.5, 0.6) is 0 Å². The van der Waals surface area contributed by atoms with Crippen molar-refractivity contribution in [3.05, 3.63) is 66.1 Å². The van der Waals surface area contributed by atoms with Gasteiger partial charge in [0.2, 0.25) is 0 Å². The van der Waals surface area contributed by atoms with Gasteiger partial charge < -0.3 is 4.57 Å². The Labute approximate surface area is 160 Å². The normalized spacial score (nSPS) is 13.2. The summed E-state index contributed by atoms with van der Waals surface area (Å²) < 4.78 is 2.32. The summed E-state index contributed by atoms with van der Waals surface area (Å²) in [6.45, 7) is 1.11. The number of imidazole rings is 1. The number of aromatic nitrogens is 2. The van der Waals surface area contributed by atoms with E-state index in [0.29, 0.717) is 0 Å². The second-order valence-corrected chi connectivity index (χ2v) is 7.27. The SMILES string of the molecule is CSCc1ccc(-c2ccc(-c3cn4c(n3)CCCC4)cc2)cc1.Cl. The van der Waals surface area contributed by atoms with Crippen LogP contribution in [0.1, 0.15) is 24.2 Å². The molecule has 0 radical (unpaired) electrons. The Balaban J connectivity index is 0.00000182. The molecule has 0 bridgehead atoms. The van der Waals surface area contributed by atoms with Crippen molar-refractivity contribution in [1.82, 2.24) is 9.55 Å². The zero-order chi connectivity index (χ0) is 16.4. The highest BCUT2D eigenvalue weighted by Gasteiger charge is 2.13. The van der Waals surface area contributed by atoms with E-state index in [9.17, 15) is 0 Å². The van der Waals surface area contributed by atoms with Crippen molar-refractivity contribution in [3.63, 3.8) is 0 Å². The molecular weight excluding hydrogens is 348 g/mol. The first-order valence-electron chi connectivity index (χ1n) is 8.58. The van der Waals surface area contributed by atoms with Crippen molar-refractivity contribution in [2.24, 2.45) is 0 Å². The first kappa shape index (κ1) is 18.1. The van der Waals surface area contributed by atoms with Gasteiger partial charge in [-0.05, 0) is 35.8 Å². The molecule has 1 aliphatic heterocycles. The van der Waals surface area contributed by atoms with Crippen molar-refractivity contribution in [2.45, 2.75) is 31.6 Å². The highest BCUT2D eigenvalue weighted by molar-refractivity contribution is 7.97. The molecule has 0 saturated carbocycles. The van der Waals surface area contributed by atoms with Crippen LogP contribution in [0.4, 0.5) is 0 Å². The molecule has 1 aromatic heterocycles. The number of hydrogen-bond acceptors (Lipinski definition) is 2. The van der Waals surface area contributed by atoms with Gasteiger partial charge in [0.1, 0.15) is 5.82 Å². The molecule has 2 nitrogen and oxygen atoms in total. The quantitative estimate of drug-likeness (QED) is 0.574. The molecule has 0 aliphatic carbocycles. The molecule has 0 atom stereocenters. The van der Waals surface area contributed by atoms with Crippen molar-refractivity contribution in [1.29, 1.82) is 0 Å². The van der Waals surface area contributed by atoms with Gasteiger partial charge in [0.15, 0.2) is 0 Å². The van der Waals surface area contributed by atoms with E-state index in [-0.39, 0.29) is 12.4 Å². The van der Waals surface area contributed by atoms with Crippen molar-refractivity contribution in [3.8, 4) is 22.4 Å². The molecule has 0 unspecified atom stereocenters. The lowest BCUT2D eigenvalue weighted by Crippen LogP contribution is -2.08. The minimum absolute atomic E-state index is 0. The highest BCUT2D eigenvalue weighted by atomic mass is 35.5. The Hall–Kier alpha value is -1.71. The summed E-state index contributed by atoms with van der Waals surface area (Å²) >= 11 is 1.86. The first-order chi connectivity index (χ1) is 11.8. The fraction of sp³-hybridized carbons (Fsp3) is 0.286. The summed E-state index contributed by atoms with van der Waals surface area (Å²) in [7, 11) is 0. The number of nitrogens with zero attached hydrogens (tertiary/aromatic N) is 2. The summed E-state index contributed by atoms with van der Waals surface area (Å²) in [6.07, 6.45) is 8.00. The summed E-state index contributed by atoms with van der Waals surface area (Å²) in [6, 6.07) is 17.7. The molecule has 25 heavy (non-hydrogen) atoms. The maximum absolute atomic E-state index is 4.82. The standard InChI is InChI=1S/C21H22N2S.ClH/c1-24-15-16-5-7-17(8-6-16)18-9-11-19(12-10-18)20-14-23-13-3-2-4-21(23)22-20;/h5-12,14H,2-4,13,15H2,1H3;1H. The predicted molar refractivity (Wildman–Crippen MR) is 111 cm³/mol. The van der Waals surface area contributed by atoms with Gasteiger partial charge in [0, 0.05) is 30.5 Å². The van der Waals surface area contributed by atoms with Crippen LogP contribution in [0.25, 0.3) is 22.4 Å². The molecule has 3 aromatic rings. The molecule has 0 spiro atoms. The number of aryl methyl sites for hydroxylation is 2. The van der Waals surface area contributed by atoms with Gasteiger partial charge in [-0.15, -0.1) is 12.4 Å². The van der Waals surface area contributed by atoms with E-state index in [1.54, 1.807) is 0 Å². The molecule has 0 saturated heterocycles. The van der Waals surface area contributed by atoms with Crippen LogP contribution in [-0.2, 0) is 18.7 Å². The lowest BCUT2D eigenvalue weighted by atomic mass is 10.0. The minimum atomic E-state index is 0. The van der Waals surface area contributed by atoms with Crippen LogP contribution in [-0.4, -0.2) is 15.8 Å². The lowest BCUT2D eigenvalue weighted by Gasteiger charge is -2.11. The number of rotatable bonds is 4. The van der Waals surface area contributed by atoms with Crippen molar-refractivity contribution >= 4 is 24.2 Å². The fourth-order valence-corrected chi connectivity index (χ4v) is 3.87. The van der Waals surface area contributed by atoms with Crippen LogP contribution in [0.15, 0.2) is 54.7 Å². The van der Waals surface area contributed by atoms with Crippen molar-refractivity contribution in [2.75, 3.05) is 6.26 Å². The Morgan fingerprint density at radius 1 is 0.920 bits per heavy atom. The Morgan fingerprint density at radius 2 is 1.56 bits per heavy atom. The van der Waals surface area contributed by atoms with Gasteiger partial charge >= 0.3 is 0 Å². The molecule has 130 valence electrons. The van der Waals surface area contributed by atoms with E-state index in [0.717, 1.165) is 24.4 Å².